The van der Waals surface area contributed by atoms with E-state index in [1.807, 2.05) is 13.8 Å². The van der Waals surface area contributed by atoms with Crippen LogP contribution in [-0.4, -0.2) is 43.4 Å². The third-order valence-corrected chi connectivity index (χ3v) is 8.05. The molecule has 164 valence electrons. The number of allylic oxidation sites excluding steroid dienone is 2. The summed E-state index contributed by atoms with van der Waals surface area (Å²) in [7, 11) is 0. The van der Waals surface area contributed by atoms with Gasteiger partial charge in [0.25, 0.3) is 0 Å². The molecule has 0 saturated heterocycles. The number of phenols is 1. The average Bonchev–Trinajstić information content (AvgIpc) is 2.63. The van der Waals surface area contributed by atoms with Gasteiger partial charge in [0.15, 0.2) is 17.2 Å². The molecule has 3 aliphatic carbocycles. The molecule has 31 heavy (non-hydrogen) atoms. The fraction of sp³-hybridized carbons (Fsp3) is 0.458. The number of aliphatic hydroxyl groups is 3. The summed E-state index contributed by atoms with van der Waals surface area (Å²) in [6.07, 6.45) is -0.140. The van der Waals surface area contributed by atoms with E-state index in [0.717, 1.165) is 6.92 Å². The minimum atomic E-state index is -2.55. The fourth-order valence-electron chi connectivity index (χ4n) is 6.04. The molecule has 3 aliphatic rings. The van der Waals surface area contributed by atoms with Crippen molar-refractivity contribution in [3.05, 3.63) is 52.0 Å². The van der Waals surface area contributed by atoms with Crippen LogP contribution in [0.3, 0.4) is 0 Å². The lowest BCUT2D eigenvalue weighted by molar-refractivity contribution is -0.161. The van der Waals surface area contributed by atoms with Gasteiger partial charge in [0.1, 0.15) is 22.8 Å². The molecule has 3 atom stereocenters. The van der Waals surface area contributed by atoms with Crippen molar-refractivity contribution in [3.63, 3.8) is 0 Å². The van der Waals surface area contributed by atoms with Crippen LogP contribution >= 0.6 is 0 Å². The number of fused-ring (bicyclic) bond motifs is 3. The quantitative estimate of drug-likeness (QED) is 0.507. The molecule has 0 unspecified atom stereocenters. The third kappa shape index (κ3) is 2.19. The van der Waals surface area contributed by atoms with E-state index in [4.69, 9.17) is 0 Å². The van der Waals surface area contributed by atoms with Crippen LogP contribution in [0.4, 0.5) is 0 Å². The first-order valence-corrected chi connectivity index (χ1v) is 10.2. The number of carbonyl (C=O) groups is 3. The van der Waals surface area contributed by atoms with E-state index in [1.54, 1.807) is 26.0 Å². The minimum Gasteiger partial charge on any atom is -0.511 e. The van der Waals surface area contributed by atoms with Gasteiger partial charge >= 0.3 is 0 Å². The molecule has 4 rings (SSSR count). The molecule has 0 aliphatic heterocycles. The number of benzene rings is 1. The average molecular weight is 426 g/mol. The Hall–Kier alpha value is -2.93. The van der Waals surface area contributed by atoms with E-state index in [0.29, 0.717) is 5.56 Å². The highest BCUT2D eigenvalue weighted by atomic mass is 16.3. The first-order valence-electron chi connectivity index (χ1n) is 10.2. The van der Waals surface area contributed by atoms with Crippen LogP contribution < -0.4 is 0 Å². The normalized spacial score (nSPS) is 34.3. The SMILES string of the molecule is CC(=O)C1=C(O)C[C@@]2(C)C[C@]3(C)C(=C(O)[C@@]2(O)C1=O)C(=O)c1c(O)cccc1C3(C)C. The Bertz CT molecular complexity index is 1150. The van der Waals surface area contributed by atoms with Crippen molar-refractivity contribution in [3.8, 4) is 5.75 Å². The number of hydrogen-bond acceptors (Lipinski definition) is 7. The van der Waals surface area contributed by atoms with Crippen molar-refractivity contribution in [1.82, 2.24) is 0 Å². The smallest absolute Gasteiger partial charge is 0.209 e. The number of hydrogen-bond donors (Lipinski definition) is 4. The van der Waals surface area contributed by atoms with Gasteiger partial charge in [0, 0.05) is 28.2 Å². The lowest BCUT2D eigenvalue weighted by Crippen LogP contribution is -2.66. The standard InChI is InChI=1S/C24H26O7/c1-11(25)15-14(27)9-22(4)10-23(5)17(20(30)24(22,31)19(15)29)18(28)16-12(21(23,2)3)7-6-8-13(16)26/h6-8,26-27,30-31H,9-10H2,1-5H3/t22-,23+,24-/m0/s1. The first-order chi connectivity index (χ1) is 14.1. The number of carbonyl (C=O) groups excluding carboxylic acids is 3. The Labute approximate surface area is 179 Å². The summed E-state index contributed by atoms with van der Waals surface area (Å²) in [5.74, 6) is -4.02. The van der Waals surface area contributed by atoms with Crippen LogP contribution in [-0.2, 0) is 15.0 Å². The number of rotatable bonds is 1. The van der Waals surface area contributed by atoms with Crippen LogP contribution in [0.5, 0.6) is 5.75 Å². The van der Waals surface area contributed by atoms with Gasteiger partial charge in [-0.3, -0.25) is 14.4 Å². The van der Waals surface area contributed by atoms with Crippen molar-refractivity contribution < 1.29 is 34.8 Å². The van der Waals surface area contributed by atoms with Crippen molar-refractivity contribution in [2.45, 2.75) is 58.5 Å². The molecule has 0 heterocycles. The van der Waals surface area contributed by atoms with Gasteiger partial charge in [0.05, 0.1) is 5.56 Å². The first kappa shape index (κ1) is 21.3. The van der Waals surface area contributed by atoms with Crippen molar-refractivity contribution >= 4 is 17.3 Å². The van der Waals surface area contributed by atoms with Crippen LogP contribution in [0.2, 0.25) is 0 Å². The number of ketones is 3. The van der Waals surface area contributed by atoms with Crippen LogP contribution in [0, 0.1) is 10.8 Å². The molecule has 0 bridgehead atoms. The van der Waals surface area contributed by atoms with Crippen molar-refractivity contribution in [1.29, 1.82) is 0 Å². The van der Waals surface area contributed by atoms with Crippen LogP contribution in [0.1, 0.15) is 63.4 Å². The van der Waals surface area contributed by atoms with E-state index >= 15 is 0 Å². The zero-order valence-corrected chi connectivity index (χ0v) is 18.2. The molecular formula is C24H26O7. The van der Waals surface area contributed by atoms with Gasteiger partial charge in [-0.2, -0.15) is 0 Å². The van der Waals surface area contributed by atoms with Crippen LogP contribution in [0.15, 0.2) is 40.9 Å². The molecule has 1 aromatic carbocycles. The third-order valence-electron chi connectivity index (χ3n) is 8.05. The Kier molecular flexibility index (Phi) is 4.02. The minimum absolute atomic E-state index is 0.0205. The number of phenolic OH excluding ortho intramolecular Hbond substituents is 1. The summed E-state index contributed by atoms with van der Waals surface area (Å²) in [6, 6.07) is 4.75. The Balaban J connectivity index is 2.11. The number of aromatic hydroxyl groups is 1. The maximum atomic E-state index is 13.6. The van der Waals surface area contributed by atoms with E-state index in [2.05, 4.69) is 0 Å². The maximum Gasteiger partial charge on any atom is 0.209 e. The summed E-state index contributed by atoms with van der Waals surface area (Å²) in [4.78, 5) is 38.8. The lowest BCUT2D eigenvalue weighted by atomic mass is 9.43. The Morgan fingerprint density at radius 1 is 1.03 bits per heavy atom. The number of Topliss-reactive ketones (excluding diaryl/α,β-unsaturated/α-hetero) is 3. The highest BCUT2D eigenvalue weighted by Gasteiger charge is 2.70. The molecule has 0 radical (unpaired) electrons. The molecule has 0 fully saturated rings. The Morgan fingerprint density at radius 2 is 1.65 bits per heavy atom. The highest BCUT2D eigenvalue weighted by Crippen LogP contribution is 2.66. The molecule has 0 aromatic heterocycles. The second-order valence-corrected chi connectivity index (χ2v) is 10.0. The second-order valence-electron chi connectivity index (χ2n) is 10.0. The van der Waals surface area contributed by atoms with Gasteiger partial charge in [0.2, 0.25) is 5.78 Å². The lowest BCUT2D eigenvalue weighted by Gasteiger charge is -2.60. The molecule has 7 nitrogen and oxygen atoms in total. The summed E-state index contributed by atoms with van der Waals surface area (Å²) in [6.45, 7) is 8.19. The van der Waals surface area contributed by atoms with Gasteiger partial charge in [-0.15, -0.1) is 0 Å². The van der Waals surface area contributed by atoms with Crippen molar-refractivity contribution in [2.75, 3.05) is 0 Å². The molecule has 0 saturated carbocycles. The van der Waals surface area contributed by atoms with Gasteiger partial charge in [-0.1, -0.05) is 39.8 Å². The molecule has 4 N–H and O–H groups in total. The van der Waals surface area contributed by atoms with Gasteiger partial charge in [-0.05, 0) is 25.0 Å². The number of aliphatic hydroxyl groups excluding tert-OH is 2. The van der Waals surface area contributed by atoms with E-state index < -0.39 is 56.3 Å². The molecule has 0 amide bonds. The van der Waals surface area contributed by atoms with E-state index in [9.17, 15) is 34.8 Å². The maximum absolute atomic E-state index is 13.6. The summed E-state index contributed by atoms with van der Waals surface area (Å²) in [5.41, 5.74) is -5.85. The topological polar surface area (TPSA) is 132 Å². The summed E-state index contributed by atoms with van der Waals surface area (Å²) in [5, 5.41) is 43.9. The molecule has 0 spiro atoms. The van der Waals surface area contributed by atoms with E-state index in [-0.39, 0.29) is 29.7 Å². The van der Waals surface area contributed by atoms with E-state index in [1.165, 1.54) is 6.07 Å². The molecule has 1 aromatic rings. The summed E-state index contributed by atoms with van der Waals surface area (Å²) < 4.78 is 0. The zero-order valence-electron chi connectivity index (χ0n) is 18.2. The molecule has 7 heteroatoms. The monoisotopic (exact) mass is 426 g/mol. The predicted molar refractivity (Wildman–Crippen MR) is 111 cm³/mol. The Morgan fingerprint density at radius 3 is 2.23 bits per heavy atom. The largest absolute Gasteiger partial charge is 0.511 e. The van der Waals surface area contributed by atoms with Crippen molar-refractivity contribution in [2.24, 2.45) is 10.8 Å². The second kappa shape index (κ2) is 5.85. The summed E-state index contributed by atoms with van der Waals surface area (Å²) >= 11 is 0. The van der Waals surface area contributed by atoms with Gasteiger partial charge < -0.3 is 20.4 Å². The zero-order chi connectivity index (χ0) is 23.3. The van der Waals surface area contributed by atoms with Crippen LogP contribution in [0.25, 0.3) is 0 Å². The highest BCUT2D eigenvalue weighted by molar-refractivity contribution is 6.25. The molecular weight excluding hydrogens is 400 g/mol. The fourth-order valence-corrected chi connectivity index (χ4v) is 6.04. The predicted octanol–water partition coefficient (Wildman–Crippen LogP) is 3.20. The van der Waals surface area contributed by atoms with Gasteiger partial charge in [-0.25, -0.2) is 0 Å².